The van der Waals surface area contributed by atoms with Crippen LogP contribution in [0.3, 0.4) is 0 Å². The van der Waals surface area contributed by atoms with Gasteiger partial charge in [0.05, 0.1) is 6.61 Å². The van der Waals surface area contributed by atoms with E-state index in [4.69, 9.17) is 14.2 Å². The minimum Gasteiger partial charge on any atom is -0.493 e. The first-order valence-electron chi connectivity index (χ1n) is 12.0. The van der Waals surface area contributed by atoms with E-state index in [-0.39, 0.29) is 5.91 Å². The Bertz CT molecular complexity index is 1330. The molecular weight excluding hydrogens is 450 g/mol. The molecule has 0 unspecified atom stereocenters. The number of amides is 1. The topological polar surface area (TPSA) is 56.8 Å². The summed E-state index contributed by atoms with van der Waals surface area (Å²) in [5.41, 5.74) is 5.45. The van der Waals surface area contributed by atoms with E-state index < -0.39 is 0 Å². The second-order valence-electron chi connectivity index (χ2n) is 8.64. The summed E-state index contributed by atoms with van der Waals surface area (Å²) in [5.74, 6) is 2.79. The van der Waals surface area contributed by atoms with Gasteiger partial charge in [-0.15, -0.1) is 0 Å². The molecule has 36 heavy (non-hydrogen) atoms. The SMILES string of the molecule is CCOc1ccc(C(=O)Nc2ccc(Oc3ccccc3)cc2)cc1COc1cc(C)cc(C)c1C. The molecule has 0 atom stereocenters. The first kappa shape index (κ1) is 24.9. The van der Waals surface area contributed by atoms with Crippen LogP contribution >= 0.6 is 0 Å². The molecule has 0 saturated carbocycles. The fraction of sp³-hybridized carbons (Fsp3) is 0.194. The molecule has 0 aliphatic rings. The molecule has 0 aromatic heterocycles. The van der Waals surface area contributed by atoms with Crippen molar-refractivity contribution in [2.24, 2.45) is 0 Å². The van der Waals surface area contributed by atoms with Gasteiger partial charge in [0.1, 0.15) is 29.6 Å². The van der Waals surface area contributed by atoms with Gasteiger partial charge in [-0.05, 0) is 105 Å². The molecule has 0 aliphatic heterocycles. The van der Waals surface area contributed by atoms with Crippen LogP contribution in [0, 0.1) is 20.8 Å². The van der Waals surface area contributed by atoms with Crippen LogP contribution in [0.2, 0.25) is 0 Å². The van der Waals surface area contributed by atoms with Gasteiger partial charge in [0, 0.05) is 16.8 Å². The lowest BCUT2D eigenvalue weighted by molar-refractivity contribution is 0.102. The molecule has 5 nitrogen and oxygen atoms in total. The molecule has 4 aromatic carbocycles. The average Bonchev–Trinajstić information content (AvgIpc) is 2.88. The van der Waals surface area contributed by atoms with Gasteiger partial charge in [-0.2, -0.15) is 0 Å². The van der Waals surface area contributed by atoms with Gasteiger partial charge in [-0.3, -0.25) is 4.79 Å². The Morgan fingerprint density at radius 1 is 0.778 bits per heavy atom. The predicted octanol–water partition coefficient (Wildman–Crippen LogP) is 7.63. The van der Waals surface area contributed by atoms with E-state index in [1.807, 2.05) is 86.6 Å². The van der Waals surface area contributed by atoms with Gasteiger partial charge in [-0.25, -0.2) is 0 Å². The maximum Gasteiger partial charge on any atom is 0.255 e. The fourth-order valence-electron chi connectivity index (χ4n) is 3.87. The monoisotopic (exact) mass is 481 g/mol. The van der Waals surface area contributed by atoms with E-state index in [0.717, 1.165) is 28.2 Å². The molecular formula is C31H31NO4. The Hall–Kier alpha value is -4.25. The second-order valence-corrected chi connectivity index (χ2v) is 8.64. The van der Waals surface area contributed by atoms with E-state index in [2.05, 4.69) is 25.2 Å². The number of hydrogen-bond donors (Lipinski definition) is 1. The summed E-state index contributed by atoms with van der Waals surface area (Å²) < 4.78 is 17.8. The molecule has 1 amide bonds. The van der Waals surface area contributed by atoms with E-state index in [1.54, 1.807) is 6.07 Å². The van der Waals surface area contributed by atoms with Crippen molar-refractivity contribution < 1.29 is 19.0 Å². The Morgan fingerprint density at radius 3 is 2.22 bits per heavy atom. The number of ether oxygens (including phenoxy) is 3. The zero-order valence-corrected chi connectivity index (χ0v) is 21.1. The smallest absolute Gasteiger partial charge is 0.255 e. The summed E-state index contributed by atoms with van der Waals surface area (Å²) in [5, 5.41) is 2.95. The molecule has 0 aliphatic carbocycles. The summed E-state index contributed by atoms with van der Waals surface area (Å²) in [6.07, 6.45) is 0. The molecule has 5 heteroatoms. The van der Waals surface area contributed by atoms with Crippen LogP contribution in [-0.2, 0) is 6.61 Å². The van der Waals surface area contributed by atoms with Gasteiger partial charge in [-0.1, -0.05) is 24.3 Å². The number of carbonyl (C=O) groups excluding carboxylic acids is 1. The Kier molecular flexibility index (Phi) is 7.91. The van der Waals surface area contributed by atoms with E-state index >= 15 is 0 Å². The van der Waals surface area contributed by atoms with Crippen molar-refractivity contribution in [1.82, 2.24) is 0 Å². The molecule has 0 bridgehead atoms. The first-order chi connectivity index (χ1) is 17.4. The summed E-state index contributed by atoms with van der Waals surface area (Å²) in [7, 11) is 0. The molecule has 4 aromatic rings. The number of aryl methyl sites for hydroxylation is 2. The second kappa shape index (κ2) is 11.5. The van der Waals surface area contributed by atoms with Gasteiger partial charge < -0.3 is 19.5 Å². The van der Waals surface area contributed by atoms with Crippen molar-refractivity contribution in [2.45, 2.75) is 34.3 Å². The minimum atomic E-state index is -0.210. The maximum absolute atomic E-state index is 13.0. The number of anilines is 1. The quantitative estimate of drug-likeness (QED) is 0.267. The third kappa shape index (κ3) is 6.25. The molecule has 0 saturated heterocycles. The average molecular weight is 482 g/mol. The highest BCUT2D eigenvalue weighted by Crippen LogP contribution is 2.28. The van der Waals surface area contributed by atoms with Crippen LogP contribution in [0.4, 0.5) is 5.69 Å². The Morgan fingerprint density at radius 2 is 1.50 bits per heavy atom. The zero-order valence-electron chi connectivity index (χ0n) is 21.1. The summed E-state index contributed by atoms with van der Waals surface area (Å²) in [6.45, 7) is 8.94. The number of carbonyl (C=O) groups is 1. The number of benzene rings is 4. The van der Waals surface area contributed by atoms with Gasteiger partial charge in [0.25, 0.3) is 5.91 Å². The zero-order chi connectivity index (χ0) is 25.5. The van der Waals surface area contributed by atoms with Gasteiger partial charge in [0.15, 0.2) is 0 Å². The summed E-state index contributed by atoms with van der Waals surface area (Å²) in [4.78, 5) is 13.0. The van der Waals surface area contributed by atoms with Crippen molar-refractivity contribution in [1.29, 1.82) is 0 Å². The highest BCUT2D eigenvalue weighted by molar-refractivity contribution is 6.04. The van der Waals surface area contributed by atoms with Crippen molar-refractivity contribution in [3.05, 3.63) is 113 Å². The molecule has 1 N–H and O–H groups in total. The lowest BCUT2D eigenvalue weighted by Gasteiger charge is -2.16. The number of rotatable bonds is 9. The van der Waals surface area contributed by atoms with Gasteiger partial charge >= 0.3 is 0 Å². The fourth-order valence-corrected chi connectivity index (χ4v) is 3.87. The van der Waals surface area contributed by atoms with E-state index in [1.165, 1.54) is 5.56 Å². The minimum absolute atomic E-state index is 0.210. The van der Waals surface area contributed by atoms with Crippen LogP contribution in [0.15, 0.2) is 84.9 Å². The normalized spacial score (nSPS) is 10.6. The molecule has 0 heterocycles. The number of nitrogens with one attached hydrogen (secondary N) is 1. The largest absolute Gasteiger partial charge is 0.493 e. The van der Waals surface area contributed by atoms with Crippen molar-refractivity contribution in [3.8, 4) is 23.0 Å². The van der Waals surface area contributed by atoms with Gasteiger partial charge in [0.2, 0.25) is 0 Å². The summed E-state index contributed by atoms with van der Waals surface area (Å²) in [6, 6.07) is 26.4. The standard InChI is InChI=1S/C31H31NO4/c1-5-34-29-16-11-24(19-25(29)20-35-30-18-21(2)17-22(3)23(30)4)31(33)32-26-12-14-28(15-13-26)36-27-9-7-6-8-10-27/h6-19H,5,20H2,1-4H3,(H,32,33). The van der Waals surface area contributed by atoms with Crippen LogP contribution in [0.5, 0.6) is 23.0 Å². The van der Waals surface area contributed by atoms with E-state index in [0.29, 0.717) is 36.0 Å². The third-order valence-electron chi connectivity index (χ3n) is 5.86. The summed E-state index contributed by atoms with van der Waals surface area (Å²) >= 11 is 0. The van der Waals surface area contributed by atoms with Crippen molar-refractivity contribution in [2.75, 3.05) is 11.9 Å². The molecule has 0 radical (unpaired) electrons. The molecule has 184 valence electrons. The molecule has 4 rings (SSSR count). The lowest BCUT2D eigenvalue weighted by atomic mass is 10.1. The highest BCUT2D eigenvalue weighted by atomic mass is 16.5. The third-order valence-corrected chi connectivity index (χ3v) is 5.86. The van der Waals surface area contributed by atoms with Crippen molar-refractivity contribution >= 4 is 11.6 Å². The molecule has 0 fully saturated rings. The highest BCUT2D eigenvalue weighted by Gasteiger charge is 2.13. The van der Waals surface area contributed by atoms with E-state index in [9.17, 15) is 4.79 Å². The predicted molar refractivity (Wildman–Crippen MR) is 144 cm³/mol. The number of hydrogen-bond acceptors (Lipinski definition) is 4. The number of para-hydroxylation sites is 1. The van der Waals surface area contributed by atoms with Crippen LogP contribution in [0.25, 0.3) is 0 Å². The first-order valence-corrected chi connectivity index (χ1v) is 12.0. The molecule has 0 spiro atoms. The van der Waals surface area contributed by atoms with Crippen molar-refractivity contribution in [3.63, 3.8) is 0 Å². The van der Waals surface area contributed by atoms with Crippen LogP contribution in [0.1, 0.15) is 39.5 Å². The van der Waals surface area contributed by atoms with Crippen LogP contribution in [-0.4, -0.2) is 12.5 Å². The maximum atomic E-state index is 13.0. The Labute approximate surface area is 212 Å². The van der Waals surface area contributed by atoms with Crippen LogP contribution < -0.4 is 19.5 Å². The lowest BCUT2D eigenvalue weighted by Crippen LogP contribution is -2.13. The Balaban J connectivity index is 1.47.